The van der Waals surface area contributed by atoms with Crippen molar-refractivity contribution >= 4 is 11.6 Å². The Balaban J connectivity index is 1.46. The van der Waals surface area contributed by atoms with Gasteiger partial charge in [0.1, 0.15) is 5.75 Å². The molecule has 132 valence electrons. The summed E-state index contributed by atoms with van der Waals surface area (Å²) in [6, 6.07) is 8.17. The lowest BCUT2D eigenvalue weighted by Crippen LogP contribution is -2.49. The van der Waals surface area contributed by atoms with Crippen LogP contribution in [0, 0.1) is 5.92 Å². The summed E-state index contributed by atoms with van der Waals surface area (Å²) in [5.74, 6) is 1.80. The third-order valence-electron chi connectivity index (χ3n) is 5.37. The maximum absolute atomic E-state index is 12.6. The molecule has 0 aliphatic carbocycles. The van der Waals surface area contributed by atoms with E-state index in [1.165, 1.54) is 5.69 Å². The second-order valence-corrected chi connectivity index (χ2v) is 7.02. The van der Waals surface area contributed by atoms with E-state index < -0.39 is 0 Å². The van der Waals surface area contributed by atoms with E-state index in [4.69, 9.17) is 4.74 Å². The van der Waals surface area contributed by atoms with Crippen molar-refractivity contribution in [1.82, 2.24) is 9.80 Å². The van der Waals surface area contributed by atoms with E-state index in [2.05, 4.69) is 33.9 Å². The molecule has 0 atom stereocenters. The van der Waals surface area contributed by atoms with Gasteiger partial charge in [-0.2, -0.15) is 0 Å². The summed E-state index contributed by atoms with van der Waals surface area (Å²) >= 11 is 0. The molecule has 0 unspecified atom stereocenters. The first kappa shape index (κ1) is 17.1. The molecule has 0 saturated carbocycles. The largest absolute Gasteiger partial charge is 0.497 e. The van der Waals surface area contributed by atoms with E-state index in [0.717, 1.165) is 64.3 Å². The summed E-state index contributed by atoms with van der Waals surface area (Å²) in [6.07, 6.45) is 3.05. The molecule has 1 aromatic carbocycles. The van der Waals surface area contributed by atoms with Gasteiger partial charge in [0.25, 0.3) is 0 Å². The average molecular weight is 331 g/mol. The fourth-order valence-electron chi connectivity index (χ4n) is 3.65. The van der Waals surface area contributed by atoms with Gasteiger partial charge in [-0.3, -0.25) is 4.79 Å². The molecule has 2 saturated heterocycles. The number of ether oxygens (including phenoxy) is 1. The standard InChI is InChI=1S/C19H29N3O2/c1-20-9-7-16(8-10-20)15-19(23)22-13-11-21(12-14-22)17-3-5-18(24-2)6-4-17/h3-6,16H,7-15H2,1-2H3. The zero-order valence-corrected chi connectivity index (χ0v) is 14.9. The molecule has 2 heterocycles. The number of carbonyl (C=O) groups is 1. The minimum Gasteiger partial charge on any atom is -0.497 e. The number of nitrogens with zero attached hydrogens (tertiary/aromatic N) is 3. The number of piperazine rings is 1. The fraction of sp³-hybridized carbons (Fsp3) is 0.632. The molecule has 2 aliphatic rings. The summed E-state index contributed by atoms with van der Waals surface area (Å²) in [5, 5.41) is 0. The zero-order chi connectivity index (χ0) is 16.9. The van der Waals surface area contributed by atoms with Gasteiger partial charge in [0.2, 0.25) is 5.91 Å². The van der Waals surface area contributed by atoms with Crippen molar-refractivity contribution in [3.8, 4) is 5.75 Å². The van der Waals surface area contributed by atoms with Crippen LogP contribution < -0.4 is 9.64 Å². The van der Waals surface area contributed by atoms with Gasteiger partial charge in [0.05, 0.1) is 7.11 Å². The number of likely N-dealkylation sites (tertiary alicyclic amines) is 1. The first-order valence-electron chi connectivity index (χ1n) is 9.01. The van der Waals surface area contributed by atoms with Crippen molar-refractivity contribution in [1.29, 1.82) is 0 Å². The molecule has 5 nitrogen and oxygen atoms in total. The fourth-order valence-corrected chi connectivity index (χ4v) is 3.65. The van der Waals surface area contributed by atoms with Gasteiger partial charge >= 0.3 is 0 Å². The Bertz CT molecular complexity index is 530. The SMILES string of the molecule is COc1ccc(N2CCN(C(=O)CC3CCN(C)CC3)CC2)cc1. The molecule has 24 heavy (non-hydrogen) atoms. The van der Waals surface area contributed by atoms with Crippen molar-refractivity contribution in [3.63, 3.8) is 0 Å². The third kappa shape index (κ3) is 4.20. The molecule has 0 N–H and O–H groups in total. The smallest absolute Gasteiger partial charge is 0.222 e. The maximum Gasteiger partial charge on any atom is 0.222 e. The number of carbonyl (C=O) groups excluding carboxylic acids is 1. The predicted octanol–water partition coefficient (Wildman–Crippen LogP) is 2.08. The number of hydrogen-bond acceptors (Lipinski definition) is 4. The van der Waals surface area contributed by atoms with E-state index in [1.54, 1.807) is 7.11 Å². The zero-order valence-electron chi connectivity index (χ0n) is 14.9. The summed E-state index contributed by atoms with van der Waals surface area (Å²) in [7, 11) is 3.85. The Hall–Kier alpha value is -1.75. The normalized spacial score (nSPS) is 20.2. The molecular formula is C19H29N3O2. The molecular weight excluding hydrogens is 302 g/mol. The number of hydrogen-bond donors (Lipinski definition) is 0. The number of methoxy groups -OCH3 is 1. The maximum atomic E-state index is 12.6. The van der Waals surface area contributed by atoms with E-state index in [-0.39, 0.29) is 0 Å². The topological polar surface area (TPSA) is 36.0 Å². The first-order chi connectivity index (χ1) is 11.7. The van der Waals surface area contributed by atoms with Crippen LogP contribution in [0.2, 0.25) is 0 Å². The quantitative estimate of drug-likeness (QED) is 0.846. The third-order valence-corrected chi connectivity index (χ3v) is 5.37. The van der Waals surface area contributed by atoms with Crippen molar-refractivity contribution in [2.75, 3.05) is 58.3 Å². The Kier molecular flexibility index (Phi) is 5.61. The number of anilines is 1. The van der Waals surface area contributed by atoms with Gasteiger partial charge in [0.15, 0.2) is 0 Å². The molecule has 1 amide bonds. The molecule has 5 heteroatoms. The van der Waals surface area contributed by atoms with Gasteiger partial charge in [-0.05, 0) is 63.2 Å². The van der Waals surface area contributed by atoms with Crippen LogP contribution in [-0.4, -0.2) is 69.1 Å². The molecule has 2 aliphatic heterocycles. The monoisotopic (exact) mass is 331 g/mol. The number of piperidine rings is 1. The molecule has 1 aromatic rings. The highest BCUT2D eigenvalue weighted by Crippen LogP contribution is 2.23. The van der Waals surface area contributed by atoms with Crippen molar-refractivity contribution < 1.29 is 9.53 Å². The molecule has 0 aromatic heterocycles. The molecule has 2 fully saturated rings. The molecule has 0 radical (unpaired) electrons. The van der Waals surface area contributed by atoms with Crippen LogP contribution in [0.15, 0.2) is 24.3 Å². The van der Waals surface area contributed by atoms with Crippen LogP contribution >= 0.6 is 0 Å². The van der Waals surface area contributed by atoms with Crippen LogP contribution in [-0.2, 0) is 4.79 Å². The Morgan fingerprint density at radius 2 is 1.67 bits per heavy atom. The second-order valence-electron chi connectivity index (χ2n) is 7.02. The van der Waals surface area contributed by atoms with Crippen LogP contribution in [0.4, 0.5) is 5.69 Å². The molecule has 0 spiro atoms. The minimum absolute atomic E-state index is 0.346. The highest BCUT2D eigenvalue weighted by atomic mass is 16.5. The van der Waals surface area contributed by atoms with Crippen molar-refractivity contribution in [3.05, 3.63) is 24.3 Å². The summed E-state index contributed by atoms with van der Waals surface area (Å²) in [6.45, 7) is 5.73. The molecule has 3 rings (SSSR count). The van der Waals surface area contributed by atoms with E-state index in [0.29, 0.717) is 11.8 Å². The van der Waals surface area contributed by atoms with Crippen LogP contribution in [0.1, 0.15) is 19.3 Å². The van der Waals surface area contributed by atoms with Crippen LogP contribution in [0.3, 0.4) is 0 Å². The molecule has 0 bridgehead atoms. The highest BCUT2D eigenvalue weighted by Gasteiger charge is 2.25. The van der Waals surface area contributed by atoms with E-state index >= 15 is 0 Å². The first-order valence-corrected chi connectivity index (χ1v) is 9.01. The summed E-state index contributed by atoms with van der Waals surface area (Å²) < 4.78 is 5.21. The Morgan fingerprint density at radius 3 is 2.25 bits per heavy atom. The van der Waals surface area contributed by atoms with Gasteiger partial charge < -0.3 is 19.4 Å². The number of benzene rings is 1. The average Bonchev–Trinajstić information content (AvgIpc) is 2.64. The Labute approximate surface area is 145 Å². The lowest BCUT2D eigenvalue weighted by molar-refractivity contribution is -0.132. The van der Waals surface area contributed by atoms with Crippen molar-refractivity contribution in [2.45, 2.75) is 19.3 Å². The Morgan fingerprint density at radius 1 is 1.04 bits per heavy atom. The van der Waals surface area contributed by atoms with Gasteiger partial charge in [-0.15, -0.1) is 0 Å². The van der Waals surface area contributed by atoms with E-state index in [1.807, 2.05) is 12.1 Å². The predicted molar refractivity (Wildman–Crippen MR) is 96.6 cm³/mol. The van der Waals surface area contributed by atoms with Crippen LogP contribution in [0.5, 0.6) is 5.75 Å². The van der Waals surface area contributed by atoms with Crippen molar-refractivity contribution in [2.24, 2.45) is 5.92 Å². The summed E-state index contributed by atoms with van der Waals surface area (Å²) in [4.78, 5) is 19.3. The van der Waals surface area contributed by atoms with E-state index in [9.17, 15) is 4.79 Å². The number of amides is 1. The second kappa shape index (κ2) is 7.88. The van der Waals surface area contributed by atoms with Crippen LogP contribution in [0.25, 0.3) is 0 Å². The van der Waals surface area contributed by atoms with Gasteiger partial charge in [-0.1, -0.05) is 0 Å². The number of rotatable bonds is 4. The van der Waals surface area contributed by atoms with Gasteiger partial charge in [0, 0.05) is 38.3 Å². The van der Waals surface area contributed by atoms with Gasteiger partial charge in [-0.25, -0.2) is 0 Å². The lowest BCUT2D eigenvalue weighted by atomic mass is 9.93. The highest BCUT2D eigenvalue weighted by molar-refractivity contribution is 5.76. The lowest BCUT2D eigenvalue weighted by Gasteiger charge is -2.37. The summed E-state index contributed by atoms with van der Waals surface area (Å²) in [5.41, 5.74) is 1.21. The minimum atomic E-state index is 0.346.